The van der Waals surface area contributed by atoms with Gasteiger partial charge in [-0.2, -0.15) is 0 Å². The first-order valence-corrected chi connectivity index (χ1v) is 19.4. The lowest BCUT2D eigenvalue weighted by molar-refractivity contribution is 0.131. The van der Waals surface area contributed by atoms with E-state index in [1.54, 1.807) is 0 Å². The van der Waals surface area contributed by atoms with Crippen LogP contribution in [-0.2, 0) is 11.0 Å². The zero-order valence-corrected chi connectivity index (χ0v) is 29.8. The molecule has 0 heterocycles. The van der Waals surface area contributed by atoms with Gasteiger partial charge in [0.1, 0.15) is 5.60 Å². The van der Waals surface area contributed by atoms with E-state index in [-0.39, 0.29) is 5.41 Å². The van der Waals surface area contributed by atoms with Crippen LogP contribution in [0, 0.1) is 0 Å². The molecule has 0 bridgehead atoms. The van der Waals surface area contributed by atoms with Gasteiger partial charge in [-0.3, -0.25) is 0 Å². The molecule has 1 heteroatoms. The van der Waals surface area contributed by atoms with Crippen molar-refractivity contribution >= 4 is 0 Å². The minimum absolute atomic E-state index is 0.0219. The molecule has 0 amide bonds. The third kappa shape index (κ3) is 6.10. The SMILES string of the molecule is CCCCCCCCC1(CCCCCCCC)c2ccccc2-c2ccc(-c3cccc4c3C(O)(c3ccccc3)c3ccccc3-4)cc21. The summed E-state index contributed by atoms with van der Waals surface area (Å²) in [6.07, 6.45) is 18.2. The average molecular weight is 647 g/mol. The predicted octanol–water partition coefficient (Wildman–Crippen LogP) is 13.4. The fraction of sp³-hybridized carbons (Fsp3) is 0.375. The molecule has 1 atom stereocenters. The molecule has 0 spiro atoms. The van der Waals surface area contributed by atoms with Gasteiger partial charge in [-0.25, -0.2) is 0 Å². The molecule has 5 aromatic rings. The summed E-state index contributed by atoms with van der Waals surface area (Å²) in [6, 6.07) is 41.9. The van der Waals surface area contributed by atoms with Crippen molar-refractivity contribution in [3.8, 4) is 33.4 Å². The van der Waals surface area contributed by atoms with E-state index in [9.17, 15) is 5.11 Å². The average Bonchev–Trinajstić information content (AvgIpc) is 3.58. The van der Waals surface area contributed by atoms with Gasteiger partial charge < -0.3 is 5.11 Å². The molecule has 2 aliphatic carbocycles. The summed E-state index contributed by atoms with van der Waals surface area (Å²) in [5.74, 6) is 0. The molecule has 0 aliphatic heterocycles. The number of benzene rings is 5. The highest BCUT2D eigenvalue weighted by molar-refractivity contribution is 5.91. The van der Waals surface area contributed by atoms with Crippen LogP contribution in [0.25, 0.3) is 33.4 Å². The van der Waals surface area contributed by atoms with Gasteiger partial charge in [0.05, 0.1) is 0 Å². The van der Waals surface area contributed by atoms with Crippen molar-refractivity contribution in [3.05, 3.63) is 143 Å². The van der Waals surface area contributed by atoms with Crippen LogP contribution in [0.3, 0.4) is 0 Å². The lowest BCUT2D eigenvalue weighted by Gasteiger charge is -2.33. The van der Waals surface area contributed by atoms with E-state index in [1.165, 1.54) is 118 Å². The van der Waals surface area contributed by atoms with E-state index in [4.69, 9.17) is 0 Å². The van der Waals surface area contributed by atoms with Crippen molar-refractivity contribution in [3.63, 3.8) is 0 Å². The second kappa shape index (κ2) is 14.9. The molecular formula is C48H54O. The summed E-state index contributed by atoms with van der Waals surface area (Å²) in [7, 11) is 0. The zero-order chi connectivity index (χ0) is 33.7. The van der Waals surface area contributed by atoms with Gasteiger partial charge in [0.2, 0.25) is 0 Å². The Balaban J connectivity index is 1.33. The Morgan fingerprint density at radius 3 is 1.61 bits per heavy atom. The van der Waals surface area contributed by atoms with E-state index in [0.717, 1.165) is 33.4 Å². The highest BCUT2D eigenvalue weighted by Gasteiger charge is 2.46. The molecule has 5 aromatic carbocycles. The van der Waals surface area contributed by atoms with Crippen LogP contribution in [0.5, 0.6) is 0 Å². The topological polar surface area (TPSA) is 20.2 Å². The van der Waals surface area contributed by atoms with E-state index < -0.39 is 5.60 Å². The molecule has 2 aliphatic rings. The predicted molar refractivity (Wildman–Crippen MR) is 208 cm³/mol. The summed E-state index contributed by atoms with van der Waals surface area (Å²) in [6.45, 7) is 4.61. The first kappa shape index (κ1) is 33.6. The number of unbranched alkanes of at least 4 members (excludes halogenated alkanes) is 10. The van der Waals surface area contributed by atoms with Gasteiger partial charge >= 0.3 is 0 Å². The highest BCUT2D eigenvalue weighted by atomic mass is 16.3. The second-order valence-electron chi connectivity index (χ2n) is 14.8. The van der Waals surface area contributed by atoms with Gasteiger partial charge in [0.25, 0.3) is 0 Å². The number of aliphatic hydroxyl groups is 1. The molecule has 1 N–H and O–H groups in total. The zero-order valence-electron chi connectivity index (χ0n) is 29.8. The summed E-state index contributed by atoms with van der Waals surface area (Å²) >= 11 is 0. The van der Waals surface area contributed by atoms with Gasteiger partial charge in [-0.15, -0.1) is 0 Å². The Morgan fingerprint density at radius 2 is 0.939 bits per heavy atom. The quantitative estimate of drug-likeness (QED) is 0.106. The fourth-order valence-corrected chi connectivity index (χ4v) is 9.26. The lowest BCUT2D eigenvalue weighted by atomic mass is 9.70. The van der Waals surface area contributed by atoms with Crippen molar-refractivity contribution in [1.29, 1.82) is 0 Å². The molecule has 0 radical (unpaired) electrons. The molecule has 252 valence electrons. The maximum Gasteiger partial charge on any atom is 0.142 e. The minimum Gasteiger partial charge on any atom is -0.376 e. The molecule has 1 unspecified atom stereocenters. The Labute approximate surface area is 295 Å². The Morgan fingerprint density at radius 1 is 0.429 bits per heavy atom. The van der Waals surface area contributed by atoms with E-state index >= 15 is 0 Å². The van der Waals surface area contributed by atoms with E-state index in [1.807, 2.05) is 18.2 Å². The van der Waals surface area contributed by atoms with Gasteiger partial charge in [0, 0.05) is 16.5 Å². The van der Waals surface area contributed by atoms with Crippen molar-refractivity contribution < 1.29 is 5.11 Å². The maximum atomic E-state index is 13.0. The molecule has 0 saturated carbocycles. The first-order valence-electron chi connectivity index (χ1n) is 19.4. The lowest BCUT2D eigenvalue weighted by Crippen LogP contribution is -2.27. The van der Waals surface area contributed by atoms with Crippen LogP contribution in [-0.4, -0.2) is 5.11 Å². The Kier molecular flexibility index (Phi) is 10.2. The maximum absolute atomic E-state index is 13.0. The van der Waals surface area contributed by atoms with Crippen LogP contribution in [0.2, 0.25) is 0 Å². The minimum atomic E-state index is -1.22. The van der Waals surface area contributed by atoms with Crippen LogP contribution in [0.4, 0.5) is 0 Å². The van der Waals surface area contributed by atoms with Crippen LogP contribution in [0.15, 0.2) is 115 Å². The number of hydrogen-bond acceptors (Lipinski definition) is 1. The molecule has 0 saturated heterocycles. The summed E-state index contributed by atoms with van der Waals surface area (Å²) in [4.78, 5) is 0. The molecule has 1 nitrogen and oxygen atoms in total. The first-order chi connectivity index (χ1) is 24.1. The van der Waals surface area contributed by atoms with Crippen molar-refractivity contribution in [2.24, 2.45) is 0 Å². The monoisotopic (exact) mass is 646 g/mol. The summed E-state index contributed by atoms with van der Waals surface area (Å²) in [5.41, 5.74) is 12.2. The number of fused-ring (bicyclic) bond motifs is 6. The molecule has 49 heavy (non-hydrogen) atoms. The van der Waals surface area contributed by atoms with Gasteiger partial charge in [-0.1, -0.05) is 200 Å². The van der Waals surface area contributed by atoms with Crippen molar-refractivity contribution in [2.45, 2.75) is 115 Å². The molecule has 0 aromatic heterocycles. The smallest absolute Gasteiger partial charge is 0.142 e. The number of rotatable bonds is 16. The van der Waals surface area contributed by atoms with E-state index in [0.29, 0.717) is 0 Å². The van der Waals surface area contributed by atoms with Crippen LogP contribution in [0.1, 0.15) is 132 Å². The van der Waals surface area contributed by atoms with Crippen LogP contribution < -0.4 is 0 Å². The van der Waals surface area contributed by atoms with Gasteiger partial charge in [0.15, 0.2) is 0 Å². The third-order valence-electron chi connectivity index (χ3n) is 11.7. The Bertz CT molecular complexity index is 1850. The molecule has 0 fully saturated rings. The normalized spacial score (nSPS) is 16.6. The van der Waals surface area contributed by atoms with Crippen molar-refractivity contribution in [2.75, 3.05) is 0 Å². The summed E-state index contributed by atoms with van der Waals surface area (Å²) in [5, 5.41) is 13.0. The number of hydrogen-bond donors (Lipinski definition) is 1. The Hall–Kier alpha value is -3.94. The largest absolute Gasteiger partial charge is 0.376 e. The van der Waals surface area contributed by atoms with Crippen LogP contribution >= 0.6 is 0 Å². The second-order valence-corrected chi connectivity index (χ2v) is 14.8. The van der Waals surface area contributed by atoms with Gasteiger partial charge in [-0.05, 0) is 69.0 Å². The fourth-order valence-electron chi connectivity index (χ4n) is 9.26. The third-order valence-corrected chi connectivity index (χ3v) is 11.7. The summed E-state index contributed by atoms with van der Waals surface area (Å²) < 4.78 is 0. The van der Waals surface area contributed by atoms with Crippen molar-refractivity contribution in [1.82, 2.24) is 0 Å². The highest BCUT2D eigenvalue weighted by Crippen LogP contribution is 2.57. The van der Waals surface area contributed by atoms with E-state index in [2.05, 4.69) is 111 Å². The molecular weight excluding hydrogens is 593 g/mol. The molecule has 7 rings (SSSR count). The standard InChI is InChI=1S/C48H54O/c1-3-5-7-9-11-20-33-47(34-21-12-10-8-6-4-2)43-29-18-16-25-39(43)41-32-31-36(35-45(41)47)38-27-22-28-42-40-26-17-19-30-44(40)48(49,46(38)42)37-23-14-13-15-24-37/h13-19,22-32,35,49H,3-12,20-21,33-34H2,1-2H3.